The molecular weight excluding hydrogens is 205 g/mol. The van der Waals surface area contributed by atoms with Crippen LogP contribution in [-0.2, 0) is 0 Å². The van der Waals surface area contributed by atoms with E-state index in [-0.39, 0.29) is 17.5 Å². The number of Topliss-reactive ketones (excluding diaryl/α,β-unsaturated/α-hetero) is 1. The molecule has 0 saturated heterocycles. The number of carbonyl (C=O) groups excluding carboxylic acids is 1. The number of ketones is 1. The summed E-state index contributed by atoms with van der Waals surface area (Å²) in [5.74, 6) is -0.0544. The summed E-state index contributed by atoms with van der Waals surface area (Å²) < 4.78 is 12.7. The molecule has 0 aromatic heterocycles. The molecule has 1 atom stereocenters. The summed E-state index contributed by atoms with van der Waals surface area (Å²) >= 11 is 0. The lowest BCUT2D eigenvalue weighted by atomic mass is 9.95. The minimum absolute atomic E-state index is 0.0463. The smallest absolute Gasteiger partial charge is 0.163 e. The Morgan fingerprint density at radius 1 is 1.38 bits per heavy atom. The third kappa shape index (κ3) is 2.63. The molecule has 0 aliphatic carbocycles. The second-order valence-corrected chi connectivity index (χ2v) is 3.80. The second kappa shape index (κ2) is 4.84. The maximum Gasteiger partial charge on any atom is 0.163 e. The van der Waals surface area contributed by atoms with Crippen LogP contribution in [0.25, 0.3) is 0 Å². The topological polar surface area (TPSA) is 29.4 Å². The maximum absolute atomic E-state index is 12.7. The van der Waals surface area contributed by atoms with E-state index in [2.05, 4.69) is 4.99 Å². The van der Waals surface area contributed by atoms with Crippen LogP contribution >= 0.6 is 0 Å². The van der Waals surface area contributed by atoms with Crippen LogP contribution in [0.4, 0.5) is 4.39 Å². The zero-order valence-electron chi connectivity index (χ0n) is 8.77. The molecule has 0 N–H and O–H groups in total. The second-order valence-electron chi connectivity index (χ2n) is 3.80. The maximum atomic E-state index is 12.7. The SMILES string of the molecule is O=C(CC1C=CN=CC1)c1ccc(F)cc1. The van der Waals surface area contributed by atoms with Crippen LogP contribution in [0.2, 0.25) is 0 Å². The summed E-state index contributed by atoms with van der Waals surface area (Å²) in [5.41, 5.74) is 0.567. The van der Waals surface area contributed by atoms with E-state index >= 15 is 0 Å². The Bertz CT molecular complexity index is 434. The molecule has 1 aliphatic rings. The fourth-order valence-corrected chi connectivity index (χ4v) is 1.65. The highest BCUT2D eigenvalue weighted by molar-refractivity contribution is 5.96. The molecule has 1 aliphatic heterocycles. The van der Waals surface area contributed by atoms with Crippen molar-refractivity contribution in [1.82, 2.24) is 0 Å². The molecule has 0 amide bonds. The summed E-state index contributed by atoms with van der Waals surface area (Å²) in [5, 5.41) is 0. The molecule has 2 rings (SSSR count). The molecule has 16 heavy (non-hydrogen) atoms. The van der Waals surface area contributed by atoms with Crippen molar-refractivity contribution >= 4 is 12.0 Å². The van der Waals surface area contributed by atoms with Gasteiger partial charge in [0.15, 0.2) is 5.78 Å². The molecule has 0 bridgehead atoms. The van der Waals surface area contributed by atoms with E-state index in [1.165, 1.54) is 24.3 Å². The Kier molecular flexibility index (Phi) is 3.25. The van der Waals surface area contributed by atoms with Crippen LogP contribution in [0.3, 0.4) is 0 Å². The first kappa shape index (κ1) is 10.7. The van der Waals surface area contributed by atoms with Gasteiger partial charge in [0.25, 0.3) is 0 Å². The van der Waals surface area contributed by atoms with Crippen LogP contribution in [-0.4, -0.2) is 12.0 Å². The molecule has 0 spiro atoms. The Labute approximate surface area is 93.5 Å². The van der Waals surface area contributed by atoms with Gasteiger partial charge in [0.2, 0.25) is 0 Å². The minimum Gasteiger partial charge on any atom is -0.294 e. The minimum atomic E-state index is -0.318. The van der Waals surface area contributed by atoms with Gasteiger partial charge in [-0.05, 0) is 36.6 Å². The third-order valence-corrected chi connectivity index (χ3v) is 2.57. The van der Waals surface area contributed by atoms with E-state index in [1.807, 2.05) is 12.3 Å². The van der Waals surface area contributed by atoms with E-state index in [0.717, 1.165) is 6.42 Å². The van der Waals surface area contributed by atoms with Crippen molar-refractivity contribution in [2.24, 2.45) is 10.9 Å². The quantitative estimate of drug-likeness (QED) is 0.715. The molecule has 3 heteroatoms. The van der Waals surface area contributed by atoms with Crippen molar-refractivity contribution in [3.05, 3.63) is 47.9 Å². The van der Waals surface area contributed by atoms with Gasteiger partial charge in [0.05, 0.1) is 0 Å². The van der Waals surface area contributed by atoms with E-state index in [1.54, 1.807) is 6.20 Å². The van der Waals surface area contributed by atoms with Crippen molar-refractivity contribution < 1.29 is 9.18 Å². The Morgan fingerprint density at radius 2 is 2.12 bits per heavy atom. The Morgan fingerprint density at radius 3 is 2.75 bits per heavy atom. The Hall–Kier alpha value is -1.77. The molecule has 0 fully saturated rings. The predicted octanol–water partition coefficient (Wildman–Crippen LogP) is 3.00. The van der Waals surface area contributed by atoms with Crippen molar-refractivity contribution in [2.75, 3.05) is 0 Å². The number of nitrogens with zero attached hydrogens (tertiary/aromatic N) is 1. The number of halogens is 1. The van der Waals surface area contributed by atoms with E-state index < -0.39 is 0 Å². The first-order chi connectivity index (χ1) is 7.75. The third-order valence-electron chi connectivity index (χ3n) is 2.57. The Balaban J connectivity index is 2.00. The van der Waals surface area contributed by atoms with Crippen molar-refractivity contribution in [3.8, 4) is 0 Å². The normalized spacial score (nSPS) is 18.7. The monoisotopic (exact) mass is 217 g/mol. The molecule has 82 valence electrons. The highest BCUT2D eigenvalue weighted by Gasteiger charge is 2.13. The van der Waals surface area contributed by atoms with E-state index in [4.69, 9.17) is 0 Å². The summed E-state index contributed by atoms with van der Waals surface area (Å²) in [6.45, 7) is 0. The summed E-state index contributed by atoms with van der Waals surface area (Å²) in [4.78, 5) is 15.8. The fraction of sp³-hybridized carbons (Fsp3) is 0.231. The van der Waals surface area contributed by atoms with Crippen molar-refractivity contribution in [1.29, 1.82) is 0 Å². The van der Waals surface area contributed by atoms with Crippen LogP contribution < -0.4 is 0 Å². The average molecular weight is 217 g/mol. The highest BCUT2D eigenvalue weighted by Crippen LogP contribution is 2.16. The lowest BCUT2D eigenvalue weighted by Crippen LogP contribution is -2.09. The first-order valence-electron chi connectivity index (χ1n) is 5.23. The van der Waals surface area contributed by atoms with Gasteiger partial charge >= 0.3 is 0 Å². The molecule has 0 radical (unpaired) electrons. The van der Waals surface area contributed by atoms with Crippen LogP contribution in [0.15, 0.2) is 41.5 Å². The highest BCUT2D eigenvalue weighted by atomic mass is 19.1. The van der Waals surface area contributed by atoms with Gasteiger partial charge < -0.3 is 0 Å². The molecular formula is C13H12FNO. The summed E-state index contributed by atoms with van der Waals surface area (Å²) in [6.07, 6.45) is 6.70. The number of hydrogen-bond acceptors (Lipinski definition) is 2. The number of aliphatic imine (C=N–C) groups is 1. The van der Waals surface area contributed by atoms with Crippen LogP contribution in [0.5, 0.6) is 0 Å². The number of benzene rings is 1. The van der Waals surface area contributed by atoms with Gasteiger partial charge in [-0.3, -0.25) is 9.79 Å². The summed E-state index contributed by atoms with van der Waals surface area (Å²) in [7, 11) is 0. The zero-order valence-corrected chi connectivity index (χ0v) is 8.77. The van der Waals surface area contributed by atoms with E-state index in [9.17, 15) is 9.18 Å². The fourth-order valence-electron chi connectivity index (χ4n) is 1.65. The summed E-state index contributed by atoms with van der Waals surface area (Å²) in [6, 6.07) is 5.67. The van der Waals surface area contributed by atoms with Crippen molar-refractivity contribution in [2.45, 2.75) is 12.8 Å². The van der Waals surface area contributed by atoms with Gasteiger partial charge in [0, 0.05) is 24.4 Å². The predicted molar refractivity (Wildman–Crippen MR) is 61.1 cm³/mol. The number of hydrogen-bond donors (Lipinski definition) is 0. The van der Waals surface area contributed by atoms with Gasteiger partial charge in [0.1, 0.15) is 5.82 Å². The molecule has 1 aromatic rings. The molecule has 1 aromatic carbocycles. The van der Waals surface area contributed by atoms with Gasteiger partial charge in [-0.15, -0.1) is 0 Å². The number of rotatable bonds is 3. The molecule has 0 saturated carbocycles. The number of carbonyl (C=O) groups is 1. The van der Waals surface area contributed by atoms with Crippen LogP contribution in [0, 0.1) is 11.7 Å². The standard InChI is InChI=1S/C13H12FNO/c14-12-3-1-11(2-4-12)13(16)9-10-5-7-15-8-6-10/h1-5,7-8,10H,6,9H2. The lowest BCUT2D eigenvalue weighted by Gasteiger charge is -2.10. The first-order valence-corrected chi connectivity index (χ1v) is 5.23. The number of allylic oxidation sites excluding steroid dienone is 1. The zero-order chi connectivity index (χ0) is 11.4. The molecule has 1 unspecified atom stereocenters. The van der Waals surface area contributed by atoms with Gasteiger partial charge in [-0.25, -0.2) is 4.39 Å². The van der Waals surface area contributed by atoms with Gasteiger partial charge in [-0.1, -0.05) is 6.08 Å². The van der Waals surface area contributed by atoms with Crippen molar-refractivity contribution in [3.63, 3.8) is 0 Å². The molecule has 1 heterocycles. The lowest BCUT2D eigenvalue weighted by molar-refractivity contribution is 0.0970. The van der Waals surface area contributed by atoms with E-state index in [0.29, 0.717) is 12.0 Å². The molecule has 2 nitrogen and oxygen atoms in total. The van der Waals surface area contributed by atoms with Crippen LogP contribution in [0.1, 0.15) is 23.2 Å². The average Bonchev–Trinajstić information content (AvgIpc) is 2.31. The largest absolute Gasteiger partial charge is 0.294 e. The van der Waals surface area contributed by atoms with Gasteiger partial charge in [-0.2, -0.15) is 0 Å².